The van der Waals surface area contributed by atoms with E-state index in [0.717, 1.165) is 32.1 Å². The van der Waals surface area contributed by atoms with Gasteiger partial charge in [0.1, 0.15) is 0 Å². The Morgan fingerprint density at radius 1 is 1.46 bits per heavy atom. The summed E-state index contributed by atoms with van der Waals surface area (Å²) in [5, 5.41) is 12.2. The summed E-state index contributed by atoms with van der Waals surface area (Å²) in [7, 11) is 0. The number of hydrogen-bond donors (Lipinski definition) is 2. The van der Waals surface area contributed by atoms with Crippen LogP contribution in [0.25, 0.3) is 0 Å². The number of carboxylic acid groups (broad SMARTS) is 1. The van der Waals surface area contributed by atoms with Gasteiger partial charge in [0.2, 0.25) is 0 Å². The van der Waals surface area contributed by atoms with E-state index in [9.17, 15) is 4.79 Å². The summed E-state index contributed by atoms with van der Waals surface area (Å²) in [5.74, 6) is -0.728. The zero-order valence-corrected chi connectivity index (χ0v) is 7.62. The largest absolute Gasteiger partial charge is 0.481 e. The van der Waals surface area contributed by atoms with E-state index in [1.165, 1.54) is 0 Å². The van der Waals surface area contributed by atoms with Gasteiger partial charge >= 0.3 is 5.97 Å². The van der Waals surface area contributed by atoms with E-state index in [-0.39, 0.29) is 11.5 Å². The fourth-order valence-electron chi connectivity index (χ4n) is 2.34. The summed E-state index contributed by atoms with van der Waals surface area (Å²) in [4.78, 5) is 10.7. The van der Waals surface area contributed by atoms with Crippen LogP contribution in [-0.4, -0.2) is 16.6 Å². The molecule has 0 unspecified atom stereocenters. The number of nitrogens with one attached hydrogen (secondary N) is 1. The number of hydrogen-bond acceptors (Lipinski definition) is 2. The molecular weight excluding hydrogens is 166 g/mol. The average molecular weight is 181 g/mol. The molecule has 0 amide bonds. The van der Waals surface area contributed by atoms with Gasteiger partial charge in [0.25, 0.3) is 0 Å². The average Bonchev–Trinajstić information content (AvgIpc) is 2.54. The van der Waals surface area contributed by atoms with E-state index in [0.29, 0.717) is 0 Å². The van der Waals surface area contributed by atoms with Gasteiger partial charge < -0.3 is 10.4 Å². The smallest absolute Gasteiger partial charge is 0.306 e. The van der Waals surface area contributed by atoms with Gasteiger partial charge in [0.05, 0.1) is 5.92 Å². The Hall–Kier alpha value is -0.990. The van der Waals surface area contributed by atoms with Crippen molar-refractivity contribution >= 4 is 5.97 Å². The standard InChI is InChI=1S/C10H15NO2/c12-9(13)8-2-5-10(6-3-8)4-1-7-11-10/h1,7-8,11H,2-6H2,(H,12,13). The third kappa shape index (κ3) is 1.55. The highest BCUT2D eigenvalue weighted by molar-refractivity contribution is 5.70. The number of rotatable bonds is 1. The SMILES string of the molecule is O=C(O)C1CCC2(CC=CN2)CC1. The van der Waals surface area contributed by atoms with Gasteiger partial charge in [-0.1, -0.05) is 6.08 Å². The molecule has 2 aliphatic rings. The van der Waals surface area contributed by atoms with Crippen molar-refractivity contribution in [3.05, 3.63) is 12.3 Å². The number of aliphatic carboxylic acids is 1. The second kappa shape index (κ2) is 3.05. The summed E-state index contributed by atoms with van der Waals surface area (Å²) < 4.78 is 0. The molecule has 1 aliphatic carbocycles. The Kier molecular flexibility index (Phi) is 2.02. The van der Waals surface area contributed by atoms with Crippen LogP contribution in [0.2, 0.25) is 0 Å². The molecular formula is C10H15NO2. The first kappa shape index (κ1) is 8.60. The predicted octanol–water partition coefficient (Wildman–Crippen LogP) is 1.51. The van der Waals surface area contributed by atoms with Gasteiger partial charge in [-0.3, -0.25) is 4.79 Å². The Balaban J connectivity index is 1.92. The maximum Gasteiger partial charge on any atom is 0.306 e. The lowest BCUT2D eigenvalue weighted by molar-refractivity contribution is -0.143. The van der Waals surface area contributed by atoms with Gasteiger partial charge in [-0.15, -0.1) is 0 Å². The number of carboxylic acids is 1. The van der Waals surface area contributed by atoms with Gasteiger partial charge in [-0.25, -0.2) is 0 Å². The first-order valence-electron chi connectivity index (χ1n) is 4.87. The summed E-state index contributed by atoms with van der Waals surface area (Å²) in [6.07, 6.45) is 8.85. The van der Waals surface area contributed by atoms with Crippen LogP contribution in [0.3, 0.4) is 0 Å². The van der Waals surface area contributed by atoms with Crippen LogP contribution in [0, 0.1) is 5.92 Å². The highest BCUT2D eigenvalue weighted by Crippen LogP contribution is 2.36. The molecule has 0 aromatic carbocycles. The summed E-state index contributed by atoms with van der Waals surface area (Å²) >= 11 is 0. The van der Waals surface area contributed by atoms with E-state index >= 15 is 0 Å². The Morgan fingerprint density at radius 2 is 2.15 bits per heavy atom. The molecule has 0 aromatic rings. The van der Waals surface area contributed by atoms with Crippen LogP contribution in [-0.2, 0) is 4.79 Å². The van der Waals surface area contributed by atoms with Crippen LogP contribution in [0.15, 0.2) is 12.3 Å². The first-order valence-corrected chi connectivity index (χ1v) is 4.87. The van der Waals surface area contributed by atoms with Crippen molar-refractivity contribution in [1.82, 2.24) is 5.32 Å². The summed E-state index contributed by atoms with van der Waals surface area (Å²) in [6, 6.07) is 0. The van der Waals surface area contributed by atoms with E-state index in [1.54, 1.807) is 0 Å². The molecule has 0 radical (unpaired) electrons. The molecule has 1 heterocycles. The maximum absolute atomic E-state index is 10.7. The summed E-state index contributed by atoms with van der Waals surface area (Å²) in [6.45, 7) is 0. The van der Waals surface area contributed by atoms with Crippen LogP contribution in [0.1, 0.15) is 32.1 Å². The second-order valence-corrected chi connectivity index (χ2v) is 4.14. The molecule has 3 nitrogen and oxygen atoms in total. The van der Waals surface area contributed by atoms with Crippen LogP contribution in [0.5, 0.6) is 0 Å². The van der Waals surface area contributed by atoms with E-state index < -0.39 is 5.97 Å². The Bertz CT molecular complexity index is 229. The van der Waals surface area contributed by atoms with Crippen molar-refractivity contribution in [2.45, 2.75) is 37.6 Å². The summed E-state index contributed by atoms with van der Waals surface area (Å²) in [5.41, 5.74) is 0.214. The highest BCUT2D eigenvalue weighted by Gasteiger charge is 2.37. The molecule has 0 atom stereocenters. The molecule has 0 aromatic heterocycles. The van der Waals surface area contributed by atoms with Crippen LogP contribution < -0.4 is 5.32 Å². The minimum Gasteiger partial charge on any atom is -0.481 e. The molecule has 1 aliphatic heterocycles. The van der Waals surface area contributed by atoms with Gasteiger partial charge in [-0.2, -0.15) is 0 Å². The van der Waals surface area contributed by atoms with Crippen LogP contribution >= 0.6 is 0 Å². The molecule has 13 heavy (non-hydrogen) atoms. The molecule has 2 N–H and O–H groups in total. The molecule has 1 fully saturated rings. The predicted molar refractivity (Wildman–Crippen MR) is 49.2 cm³/mol. The van der Waals surface area contributed by atoms with Gasteiger partial charge in [-0.05, 0) is 38.3 Å². The second-order valence-electron chi connectivity index (χ2n) is 4.14. The highest BCUT2D eigenvalue weighted by atomic mass is 16.4. The molecule has 3 heteroatoms. The van der Waals surface area contributed by atoms with Crippen molar-refractivity contribution in [3.8, 4) is 0 Å². The molecule has 0 saturated heterocycles. The third-order valence-corrected chi connectivity index (χ3v) is 3.31. The Labute approximate surface area is 77.8 Å². The minimum atomic E-state index is -0.624. The fraction of sp³-hybridized carbons (Fsp3) is 0.700. The topological polar surface area (TPSA) is 49.3 Å². The van der Waals surface area contributed by atoms with E-state index in [4.69, 9.17) is 5.11 Å². The minimum absolute atomic E-state index is 0.104. The quantitative estimate of drug-likeness (QED) is 0.644. The van der Waals surface area contributed by atoms with Gasteiger partial charge in [0.15, 0.2) is 0 Å². The molecule has 0 bridgehead atoms. The maximum atomic E-state index is 10.7. The van der Waals surface area contributed by atoms with E-state index in [1.807, 2.05) is 6.20 Å². The van der Waals surface area contributed by atoms with Crippen molar-refractivity contribution < 1.29 is 9.90 Å². The number of carbonyl (C=O) groups is 1. The van der Waals surface area contributed by atoms with Crippen molar-refractivity contribution in [2.24, 2.45) is 5.92 Å². The van der Waals surface area contributed by atoms with Crippen LogP contribution in [0.4, 0.5) is 0 Å². The lowest BCUT2D eigenvalue weighted by Crippen LogP contribution is -2.43. The zero-order valence-electron chi connectivity index (χ0n) is 7.62. The first-order chi connectivity index (χ1) is 6.22. The van der Waals surface area contributed by atoms with E-state index in [2.05, 4.69) is 11.4 Å². The Morgan fingerprint density at radius 3 is 2.62 bits per heavy atom. The van der Waals surface area contributed by atoms with Gasteiger partial charge in [0, 0.05) is 5.54 Å². The molecule has 72 valence electrons. The lowest BCUT2D eigenvalue weighted by Gasteiger charge is -2.36. The molecule has 1 saturated carbocycles. The third-order valence-electron chi connectivity index (χ3n) is 3.31. The lowest BCUT2D eigenvalue weighted by atomic mass is 9.76. The normalized spacial score (nSPS) is 37.7. The fourth-order valence-corrected chi connectivity index (χ4v) is 2.34. The monoisotopic (exact) mass is 181 g/mol. The van der Waals surface area contributed by atoms with Crippen molar-refractivity contribution in [3.63, 3.8) is 0 Å². The molecule has 1 spiro atoms. The van der Waals surface area contributed by atoms with Crippen molar-refractivity contribution in [1.29, 1.82) is 0 Å². The zero-order chi connectivity index (χ0) is 9.31. The van der Waals surface area contributed by atoms with Crippen molar-refractivity contribution in [2.75, 3.05) is 0 Å². The molecule has 2 rings (SSSR count).